The Bertz CT molecular complexity index is 1150. The quantitative estimate of drug-likeness (QED) is 0.659. The molecular weight excluding hydrogens is 382 g/mol. The van der Waals surface area contributed by atoms with Crippen molar-refractivity contribution in [2.75, 3.05) is 13.9 Å². The normalized spacial score (nSPS) is 20.8. The van der Waals surface area contributed by atoms with Gasteiger partial charge in [0.05, 0.1) is 18.9 Å². The van der Waals surface area contributed by atoms with Gasteiger partial charge in [0.2, 0.25) is 13.0 Å². The first kappa shape index (κ1) is 17.1. The first-order valence-electron chi connectivity index (χ1n) is 9.82. The lowest BCUT2D eigenvalue weighted by molar-refractivity contribution is -0.0236. The summed E-state index contributed by atoms with van der Waals surface area (Å²) in [5.74, 6) is 2.98. The molecule has 0 spiro atoms. The largest absolute Gasteiger partial charge is 0.493 e. The number of aromatic nitrogens is 1. The van der Waals surface area contributed by atoms with Crippen molar-refractivity contribution in [2.45, 2.75) is 18.7 Å². The molecule has 7 nitrogen and oxygen atoms in total. The predicted octanol–water partition coefficient (Wildman–Crippen LogP) is 4.06. The molecule has 3 aromatic rings. The van der Waals surface area contributed by atoms with Gasteiger partial charge in [-0.05, 0) is 36.4 Å². The molecule has 0 bridgehead atoms. The number of benzene rings is 2. The van der Waals surface area contributed by atoms with E-state index >= 15 is 0 Å². The van der Waals surface area contributed by atoms with Crippen molar-refractivity contribution in [3.8, 4) is 23.0 Å². The Morgan fingerprint density at radius 3 is 2.83 bits per heavy atom. The van der Waals surface area contributed by atoms with Gasteiger partial charge in [0.25, 0.3) is 0 Å². The van der Waals surface area contributed by atoms with Gasteiger partial charge in [0, 0.05) is 23.7 Å². The summed E-state index contributed by atoms with van der Waals surface area (Å²) in [5, 5.41) is 6.97. The summed E-state index contributed by atoms with van der Waals surface area (Å²) in [5.41, 5.74) is 3.84. The van der Waals surface area contributed by atoms with Crippen LogP contribution in [0.5, 0.6) is 23.0 Å². The third kappa shape index (κ3) is 2.58. The van der Waals surface area contributed by atoms with E-state index in [1.54, 1.807) is 13.3 Å². The van der Waals surface area contributed by atoms with Crippen molar-refractivity contribution >= 4 is 5.71 Å². The minimum absolute atomic E-state index is 0.0243. The highest BCUT2D eigenvalue weighted by molar-refractivity contribution is 6.02. The molecule has 0 saturated carbocycles. The van der Waals surface area contributed by atoms with Gasteiger partial charge in [-0.1, -0.05) is 18.2 Å². The molecule has 0 unspecified atom stereocenters. The number of para-hydroxylation sites is 1. The van der Waals surface area contributed by atoms with Crippen LogP contribution < -0.4 is 18.9 Å². The average Bonchev–Trinajstić information content (AvgIpc) is 3.45. The molecule has 0 radical (unpaired) electrons. The molecule has 2 aromatic carbocycles. The Labute approximate surface area is 173 Å². The maximum Gasteiger partial charge on any atom is 0.231 e. The molecule has 1 aromatic heterocycles. The molecule has 2 atom stereocenters. The van der Waals surface area contributed by atoms with Crippen LogP contribution in [-0.4, -0.2) is 29.6 Å². The molecule has 0 saturated heterocycles. The molecule has 4 heterocycles. The second-order valence-corrected chi connectivity index (χ2v) is 7.32. The van der Waals surface area contributed by atoms with Crippen LogP contribution in [0.2, 0.25) is 0 Å². The minimum atomic E-state index is -0.438. The second-order valence-electron chi connectivity index (χ2n) is 7.32. The number of ether oxygens (including phenoxy) is 4. The second kappa shape index (κ2) is 6.66. The van der Waals surface area contributed by atoms with Crippen molar-refractivity contribution in [2.24, 2.45) is 5.10 Å². The number of fused-ring (bicyclic) bond motifs is 4. The number of rotatable bonds is 3. The van der Waals surface area contributed by atoms with Crippen molar-refractivity contribution < 1.29 is 18.9 Å². The Hall–Kier alpha value is -3.74. The first-order valence-corrected chi connectivity index (χ1v) is 9.82. The zero-order valence-electron chi connectivity index (χ0n) is 16.3. The number of hydrogen-bond donors (Lipinski definition) is 0. The first-order chi connectivity index (χ1) is 14.8. The van der Waals surface area contributed by atoms with Gasteiger partial charge in [-0.2, -0.15) is 5.10 Å². The molecule has 30 heavy (non-hydrogen) atoms. The van der Waals surface area contributed by atoms with Gasteiger partial charge >= 0.3 is 0 Å². The van der Waals surface area contributed by atoms with E-state index in [0.717, 1.165) is 46.2 Å². The van der Waals surface area contributed by atoms with Gasteiger partial charge in [-0.15, -0.1) is 0 Å². The van der Waals surface area contributed by atoms with Gasteiger partial charge in [0.1, 0.15) is 5.69 Å². The van der Waals surface area contributed by atoms with E-state index in [1.165, 1.54) is 0 Å². The van der Waals surface area contributed by atoms with Gasteiger partial charge < -0.3 is 18.9 Å². The SMILES string of the molecule is COc1cccc2c1O[C@H](c1ccccn1)N1N=C(c3ccc4c(c3)OCO4)C[C@H]21. The van der Waals surface area contributed by atoms with E-state index in [0.29, 0.717) is 5.75 Å². The molecule has 0 fully saturated rings. The van der Waals surface area contributed by atoms with Crippen LogP contribution in [0.25, 0.3) is 0 Å². The Morgan fingerprint density at radius 1 is 1.03 bits per heavy atom. The molecule has 0 amide bonds. The molecule has 0 N–H and O–H groups in total. The highest BCUT2D eigenvalue weighted by atomic mass is 16.7. The summed E-state index contributed by atoms with van der Waals surface area (Å²) in [7, 11) is 1.66. The van der Waals surface area contributed by atoms with Crippen LogP contribution in [0.3, 0.4) is 0 Å². The summed E-state index contributed by atoms with van der Waals surface area (Å²) < 4.78 is 23.0. The van der Waals surface area contributed by atoms with Gasteiger partial charge in [0.15, 0.2) is 23.0 Å². The number of nitrogens with zero attached hydrogens (tertiary/aromatic N) is 3. The lowest BCUT2D eigenvalue weighted by atomic mass is 9.96. The topological polar surface area (TPSA) is 65.4 Å². The average molecular weight is 401 g/mol. The molecule has 3 aliphatic heterocycles. The van der Waals surface area contributed by atoms with Crippen LogP contribution in [0, 0.1) is 0 Å². The molecule has 7 heteroatoms. The predicted molar refractivity (Wildman–Crippen MR) is 109 cm³/mol. The van der Waals surface area contributed by atoms with Crippen molar-refractivity contribution in [3.05, 3.63) is 77.6 Å². The van der Waals surface area contributed by atoms with E-state index in [4.69, 9.17) is 24.0 Å². The summed E-state index contributed by atoms with van der Waals surface area (Å²) >= 11 is 0. The van der Waals surface area contributed by atoms with Crippen LogP contribution in [0.4, 0.5) is 0 Å². The highest BCUT2D eigenvalue weighted by Gasteiger charge is 2.42. The van der Waals surface area contributed by atoms with E-state index in [-0.39, 0.29) is 12.8 Å². The van der Waals surface area contributed by atoms with E-state index in [9.17, 15) is 0 Å². The standard InChI is InChI=1S/C23H19N3O4/c1-27-20-7-4-5-15-18-12-17(14-8-9-19-21(11-14)29-13-28-19)25-26(18)23(30-22(15)20)16-6-2-3-10-24-16/h2-11,18,23H,12-13H2,1H3/t18-,23-/m1/s1. The van der Waals surface area contributed by atoms with Crippen LogP contribution in [0.15, 0.2) is 65.9 Å². The van der Waals surface area contributed by atoms with Crippen molar-refractivity contribution in [1.82, 2.24) is 9.99 Å². The monoisotopic (exact) mass is 401 g/mol. The fourth-order valence-electron chi connectivity index (χ4n) is 4.21. The van der Waals surface area contributed by atoms with Crippen LogP contribution >= 0.6 is 0 Å². The van der Waals surface area contributed by atoms with Crippen molar-refractivity contribution in [1.29, 1.82) is 0 Å². The molecule has 6 rings (SSSR count). The molecule has 3 aliphatic rings. The van der Waals surface area contributed by atoms with Gasteiger partial charge in [-0.3, -0.25) is 4.98 Å². The zero-order valence-corrected chi connectivity index (χ0v) is 16.3. The molecule has 0 aliphatic carbocycles. The Balaban J connectivity index is 1.45. The number of hydrazone groups is 1. The maximum absolute atomic E-state index is 6.40. The van der Waals surface area contributed by atoms with Crippen molar-refractivity contribution in [3.63, 3.8) is 0 Å². The van der Waals surface area contributed by atoms with Crippen LogP contribution in [0.1, 0.15) is 35.5 Å². The van der Waals surface area contributed by atoms with E-state index in [1.807, 2.05) is 53.5 Å². The van der Waals surface area contributed by atoms with Crippen LogP contribution in [-0.2, 0) is 0 Å². The highest BCUT2D eigenvalue weighted by Crippen LogP contribution is 2.50. The lowest BCUT2D eigenvalue weighted by Gasteiger charge is -2.38. The minimum Gasteiger partial charge on any atom is -0.493 e. The number of methoxy groups -OCH3 is 1. The zero-order chi connectivity index (χ0) is 20.1. The third-order valence-corrected chi connectivity index (χ3v) is 5.65. The van der Waals surface area contributed by atoms with Gasteiger partial charge in [-0.25, -0.2) is 5.01 Å². The fourth-order valence-corrected chi connectivity index (χ4v) is 4.21. The Morgan fingerprint density at radius 2 is 1.97 bits per heavy atom. The van der Waals surface area contributed by atoms with E-state index in [2.05, 4.69) is 11.1 Å². The number of pyridine rings is 1. The van der Waals surface area contributed by atoms with E-state index < -0.39 is 6.23 Å². The third-order valence-electron chi connectivity index (χ3n) is 5.65. The maximum atomic E-state index is 6.40. The lowest BCUT2D eigenvalue weighted by Crippen LogP contribution is -2.34. The summed E-state index contributed by atoms with van der Waals surface area (Å²) in [6, 6.07) is 17.7. The molecule has 150 valence electrons. The summed E-state index contributed by atoms with van der Waals surface area (Å²) in [4.78, 5) is 4.52. The fraction of sp³-hybridized carbons (Fsp3) is 0.217. The summed E-state index contributed by atoms with van der Waals surface area (Å²) in [6.07, 6.45) is 2.07. The number of hydrogen-bond acceptors (Lipinski definition) is 7. The smallest absolute Gasteiger partial charge is 0.231 e. The summed E-state index contributed by atoms with van der Waals surface area (Å²) in [6.45, 7) is 0.253. The Kier molecular flexibility index (Phi) is 3.80. The molecular formula is C23H19N3O4.